The van der Waals surface area contributed by atoms with E-state index in [4.69, 9.17) is 5.11 Å². The molecule has 3 aromatic rings. The fourth-order valence-electron chi connectivity index (χ4n) is 3.47. The first-order valence-electron chi connectivity index (χ1n) is 10.3. The molecule has 35 heavy (non-hydrogen) atoms. The Balaban J connectivity index is 1.77. The van der Waals surface area contributed by atoms with Gasteiger partial charge in [-0.05, 0) is 54.5 Å². The predicted molar refractivity (Wildman–Crippen MR) is 123 cm³/mol. The number of carboxylic acid groups (broad SMARTS) is 1. The van der Waals surface area contributed by atoms with Gasteiger partial charge in [-0.2, -0.15) is 18.2 Å². The lowest BCUT2D eigenvalue weighted by atomic mass is 10.0. The number of aromatic nitrogens is 2. The first kappa shape index (κ1) is 23.9. The summed E-state index contributed by atoms with van der Waals surface area (Å²) in [7, 11) is 0. The smallest absolute Gasteiger partial charge is 0.409 e. The highest BCUT2D eigenvalue weighted by Crippen LogP contribution is 2.35. The number of allylic oxidation sites excluding steroid dienone is 1. The first-order valence-corrected chi connectivity index (χ1v) is 10.3. The van der Waals surface area contributed by atoms with Crippen molar-refractivity contribution >= 4 is 29.5 Å². The zero-order valence-corrected chi connectivity index (χ0v) is 18.2. The van der Waals surface area contributed by atoms with Crippen molar-refractivity contribution in [2.24, 2.45) is 0 Å². The van der Waals surface area contributed by atoms with Crippen molar-refractivity contribution in [3.63, 3.8) is 0 Å². The Morgan fingerprint density at radius 1 is 1.20 bits per heavy atom. The van der Waals surface area contributed by atoms with Crippen LogP contribution in [0.5, 0.6) is 0 Å². The molecule has 0 saturated heterocycles. The number of hydrogen-bond donors (Lipinski definition) is 3. The zero-order valence-electron chi connectivity index (χ0n) is 18.2. The molecular formula is C24H19F4N5O2. The number of hydrogen-bond acceptors (Lipinski definition) is 6. The lowest BCUT2D eigenvalue weighted by Crippen LogP contribution is -2.45. The van der Waals surface area contributed by atoms with Crippen molar-refractivity contribution in [1.29, 1.82) is 0 Å². The molecule has 4 rings (SSSR count). The van der Waals surface area contributed by atoms with E-state index >= 15 is 0 Å². The summed E-state index contributed by atoms with van der Waals surface area (Å²) in [6, 6.07) is 10.4. The van der Waals surface area contributed by atoms with Gasteiger partial charge in [0.25, 0.3) is 0 Å². The van der Waals surface area contributed by atoms with Gasteiger partial charge in [-0.15, -0.1) is 0 Å². The molecule has 0 aliphatic carbocycles. The Hall–Kier alpha value is -4.25. The topological polar surface area (TPSA) is 90.4 Å². The van der Waals surface area contributed by atoms with E-state index in [1.165, 1.54) is 42.4 Å². The standard InChI is InChI=1S/C24H19F4N5O2/c1-14-10-20(24(26,27)28)32-33(14)22-19(16-5-2-4-15(11-16)8-9-21(34)35)13-29-23(31-22)30-18-7-3-6-17(25)12-18/h2-13,20,32H,1H3,(H,34,35)(H,29,30,31)/b9-8+. The quantitative estimate of drug-likeness (QED) is 0.323. The number of carbonyl (C=O) groups is 1. The second-order valence-corrected chi connectivity index (χ2v) is 7.66. The van der Waals surface area contributed by atoms with Gasteiger partial charge in [0, 0.05) is 29.2 Å². The Labute approximate surface area is 197 Å². The predicted octanol–water partition coefficient (Wildman–Crippen LogP) is 5.28. The highest BCUT2D eigenvalue weighted by molar-refractivity contribution is 5.86. The van der Waals surface area contributed by atoms with Crippen LogP contribution in [0.15, 0.2) is 72.6 Å². The molecule has 2 aromatic carbocycles. The van der Waals surface area contributed by atoms with Crippen LogP contribution in [0.25, 0.3) is 17.2 Å². The summed E-state index contributed by atoms with van der Waals surface area (Å²) in [6.07, 6.45) is 0.321. The maximum absolute atomic E-state index is 13.6. The maximum Gasteiger partial charge on any atom is 0.409 e. The van der Waals surface area contributed by atoms with Crippen molar-refractivity contribution in [3.05, 3.63) is 84.0 Å². The van der Waals surface area contributed by atoms with Crippen LogP contribution in [0.3, 0.4) is 0 Å². The number of anilines is 3. The summed E-state index contributed by atoms with van der Waals surface area (Å²) >= 11 is 0. The second-order valence-electron chi connectivity index (χ2n) is 7.66. The average molecular weight is 485 g/mol. The third-order valence-electron chi connectivity index (χ3n) is 5.06. The van der Waals surface area contributed by atoms with E-state index in [1.807, 2.05) is 0 Å². The number of hydrazine groups is 1. The van der Waals surface area contributed by atoms with Gasteiger partial charge in [-0.1, -0.05) is 24.3 Å². The molecule has 0 fully saturated rings. The van der Waals surface area contributed by atoms with Gasteiger partial charge >= 0.3 is 12.1 Å². The van der Waals surface area contributed by atoms with Crippen LogP contribution in [0.1, 0.15) is 12.5 Å². The van der Waals surface area contributed by atoms with E-state index in [1.54, 1.807) is 30.3 Å². The van der Waals surface area contributed by atoms with E-state index in [0.29, 0.717) is 22.4 Å². The van der Waals surface area contributed by atoms with Crippen LogP contribution in [0, 0.1) is 5.82 Å². The lowest BCUT2D eigenvalue weighted by molar-refractivity contribution is -0.142. The van der Waals surface area contributed by atoms with Gasteiger partial charge < -0.3 is 10.4 Å². The highest BCUT2D eigenvalue weighted by atomic mass is 19.4. The third-order valence-corrected chi connectivity index (χ3v) is 5.06. The fourth-order valence-corrected chi connectivity index (χ4v) is 3.47. The molecule has 1 unspecified atom stereocenters. The molecule has 180 valence electrons. The van der Waals surface area contributed by atoms with Crippen LogP contribution >= 0.6 is 0 Å². The van der Waals surface area contributed by atoms with Crippen LogP contribution in [-0.2, 0) is 4.79 Å². The molecule has 0 spiro atoms. The average Bonchev–Trinajstić information content (AvgIpc) is 3.20. The molecule has 1 aliphatic rings. The maximum atomic E-state index is 13.6. The van der Waals surface area contributed by atoms with E-state index in [9.17, 15) is 22.4 Å². The Morgan fingerprint density at radius 3 is 2.66 bits per heavy atom. The molecule has 11 heteroatoms. The normalized spacial score (nSPS) is 16.0. The van der Waals surface area contributed by atoms with Crippen LogP contribution in [-0.4, -0.2) is 33.3 Å². The Bertz CT molecular complexity index is 1320. The zero-order chi connectivity index (χ0) is 25.2. The van der Waals surface area contributed by atoms with Crippen LogP contribution < -0.4 is 15.8 Å². The van der Waals surface area contributed by atoms with Crippen LogP contribution in [0.4, 0.5) is 35.0 Å². The number of carboxylic acids is 1. The van der Waals surface area contributed by atoms with Crippen molar-refractivity contribution < 1.29 is 27.5 Å². The molecule has 1 aromatic heterocycles. The minimum Gasteiger partial charge on any atom is -0.478 e. The van der Waals surface area contributed by atoms with E-state index in [2.05, 4.69) is 20.7 Å². The molecule has 2 heterocycles. The summed E-state index contributed by atoms with van der Waals surface area (Å²) < 4.78 is 53.7. The number of alkyl halides is 3. The summed E-state index contributed by atoms with van der Waals surface area (Å²) in [5, 5.41) is 13.0. The Morgan fingerprint density at radius 2 is 1.97 bits per heavy atom. The molecular weight excluding hydrogens is 466 g/mol. The van der Waals surface area contributed by atoms with Crippen LogP contribution in [0.2, 0.25) is 0 Å². The molecule has 3 N–H and O–H groups in total. The van der Waals surface area contributed by atoms with Crippen molar-refractivity contribution in [3.8, 4) is 11.1 Å². The van der Waals surface area contributed by atoms with Gasteiger partial charge in [0.1, 0.15) is 11.9 Å². The molecule has 0 saturated carbocycles. The fraction of sp³-hybridized carbons (Fsp3) is 0.125. The number of rotatable bonds is 6. The van der Waals surface area contributed by atoms with E-state index < -0.39 is 24.0 Å². The highest BCUT2D eigenvalue weighted by Gasteiger charge is 2.43. The molecule has 1 aliphatic heterocycles. The molecule has 1 atom stereocenters. The summed E-state index contributed by atoms with van der Waals surface area (Å²) in [5.74, 6) is -1.43. The number of nitrogens with one attached hydrogen (secondary N) is 2. The minimum atomic E-state index is -4.52. The van der Waals surface area contributed by atoms with Gasteiger partial charge in [0.05, 0.1) is 0 Å². The van der Waals surface area contributed by atoms with Gasteiger partial charge in [0.2, 0.25) is 5.95 Å². The first-order chi connectivity index (χ1) is 16.6. The van der Waals surface area contributed by atoms with Gasteiger partial charge in [0.15, 0.2) is 5.82 Å². The molecule has 0 bridgehead atoms. The number of halogens is 4. The number of aliphatic carboxylic acids is 1. The third kappa shape index (κ3) is 5.64. The largest absolute Gasteiger partial charge is 0.478 e. The van der Waals surface area contributed by atoms with Crippen molar-refractivity contribution in [1.82, 2.24) is 15.4 Å². The summed E-state index contributed by atoms with van der Waals surface area (Å²) in [5.41, 5.74) is 4.54. The van der Waals surface area contributed by atoms with E-state index in [-0.39, 0.29) is 17.5 Å². The van der Waals surface area contributed by atoms with E-state index in [0.717, 1.165) is 12.2 Å². The van der Waals surface area contributed by atoms with Gasteiger partial charge in [-0.25, -0.2) is 19.6 Å². The molecule has 0 radical (unpaired) electrons. The lowest BCUT2D eigenvalue weighted by Gasteiger charge is -2.25. The van der Waals surface area contributed by atoms with Crippen molar-refractivity contribution in [2.45, 2.75) is 19.1 Å². The molecule has 7 nitrogen and oxygen atoms in total. The molecule has 0 amide bonds. The minimum absolute atomic E-state index is 0.0429. The SMILES string of the molecule is CC1=CC(C(F)(F)F)NN1c1nc(Nc2cccc(F)c2)ncc1-c1cccc(/C=C/C(=O)O)c1. The van der Waals surface area contributed by atoms with Gasteiger partial charge in [-0.3, -0.25) is 5.01 Å². The second kappa shape index (κ2) is 9.55. The number of benzene rings is 2. The summed E-state index contributed by atoms with van der Waals surface area (Å²) in [6.45, 7) is 1.51. The summed E-state index contributed by atoms with van der Waals surface area (Å²) in [4.78, 5) is 19.5. The monoisotopic (exact) mass is 485 g/mol. The number of nitrogens with zero attached hydrogens (tertiary/aromatic N) is 3. The Kier molecular flexibility index (Phi) is 6.52. The van der Waals surface area contributed by atoms with Crippen molar-refractivity contribution in [2.75, 3.05) is 10.3 Å².